The van der Waals surface area contributed by atoms with E-state index in [4.69, 9.17) is 0 Å². The Kier molecular flexibility index (Phi) is 4.13. The van der Waals surface area contributed by atoms with Gasteiger partial charge in [0, 0.05) is 30.3 Å². The average molecular weight is 338 g/mol. The second-order valence-corrected chi connectivity index (χ2v) is 6.88. The lowest BCUT2D eigenvalue weighted by Crippen LogP contribution is -2.37. The number of H-pyrrole nitrogens is 1. The molecule has 0 spiro atoms. The number of hydrogen-bond donors (Lipinski definition) is 1. The summed E-state index contributed by atoms with van der Waals surface area (Å²) in [5, 5.41) is 7.44. The minimum absolute atomic E-state index is 0.101. The summed E-state index contributed by atoms with van der Waals surface area (Å²) in [6, 6.07) is 10.3. The van der Waals surface area contributed by atoms with Crippen LogP contribution in [0, 0.1) is 0 Å². The molecule has 122 valence electrons. The van der Waals surface area contributed by atoms with Crippen LogP contribution in [0.25, 0.3) is 11.1 Å². The highest BCUT2D eigenvalue weighted by Crippen LogP contribution is 2.34. The van der Waals surface area contributed by atoms with Crippen LogP contribution in [0.1, 0.15) is 34.1 Å². The number of hydrogen-bond acceptors (Lipinski definition) is 4. The van der Waals surface area contributed by atoms with Crippen LogP contribution >= 0.6 is 11.3 Å². The maximum Gasteiger partial charge on any atom is 0.265 e. The van der Waals surface area contributed by atoms with Crippen molar-refractivity contribution in [3.05, 3.63) is 58.8 Å². The smallest absolute Gasteiger partial charge is 0.265 e. The molecule has 0 bridgehead atoms. The van der Waals surface area contributed by atoms with Crippen molar-refractivity contribution in [1.82, 2.24) is 20.1 Å². The first-order chi connectivity index (χ1) is 11.8. The molecule has 6 heteroatoms. The first kappa shape index (κ1) is 15.1. The number of likely N-dealkylation sites (tertiary alicyclic amines) is 1. The van der Waals surface area contributed by atoms with Gasteiger partial charge in [-0.05, 0) is 18.4 Å². The van der Waals surface area contributed by atoms with E-state index < -0.39 is 0 Å². The predicted molar refractivity (Wildman–Crippen MR) is 94.0 cm³/mol. The molecule has 0 radical (unpaired) electrons. The first-order valence-corrected chi connectivity index (χ1v) is 8.97. The van der Waals surface area contributed by atoms with Crippen LogP contribution in [-0.4, -0.2) is 39.1 Å². The van der Waals surface area contributed by atoms with Crippen LogP contribution in [-0.2, 0) is 0 Å². The van der Waals surface area contributed by atoms with E-state index in [0.29, 0.717) is 5.92 Å². The number of nitrogens with zero attached hydrogens (tertiary/aromatic N) is 3. The monoisotopic (exact) mass is 338 g/mol. The number of thiazole rings is 1. The van der Waals surface area contributed by atoms with E-state index in [1.54, 1.807) is 11.7 Å². The lowest BCUT2D eigenvalue weighted by molar-refractivity contribution is 0.0717. The van der Waals surface area contributed by atoms with Gasteiger partial charge in [0.2, 0.25) is 0 Å². The minimum Gasteiger partial charge on any atom is -0.338 e. The maximum atomic E-state index is 12.4. The van der Waals surface area contributed by atoms with Crippen LogP contribution in [0.3, 0.4) is 0 Å². The third kappa shape index (κ3) is 2.85. The van der Waals surface area contributed by atoms with Gasteiger partial charge < -0.3 is 4.90 Å². The van der Waals surface area contributed by atoms with Crippen LogP contribution in [0.15, 0.2) is 48.2 Å². The zero-order chi connectivity index (χ0) is 16.4. The normalized spacial score (nSPS) is 15.6. The largest absolute Gasteiger partial charge is 0.338 e. The van der Waals surface area contributed by atoms with E-state index in [9.17, 15) is 4.79 Å². The molecule has 1 aromatic carbocycles. The average Bonchev–Trinajstić information content (AvgIpc) is 3.34. The van der Waals surface area contributed by atoms with Crippen molar-refractivity contribution in [2.24, 2.45) is 0 Å². The summed E-state index contributed by atoms with van der Waals surface area (Å²) in [7, 11) is 0. The van der Waals surface area contributed by atoms with E-state index >= 15 is 0 Å². The maximum absolute atomic E-state index is 12.4. The molecule has 1 saturated heterocycles. The predicted octanol–water partition coefficient (Wildman–Crippen LogP) is 3.55. The highest BCUT2D eigenvalue weighted by Gasteiger charge is 2.27. The van der Waals surface area contributed by atoms with Crippen LogP contribution in [0.5, 0.6) is 0 Å². The Morgan fingerprint density at radius 2 is 1.96 bits per heavy atom. The Balaban J connectivity index is 1.47. The summed E-state index contributed by atoms with van der Waals surface area (Å²) in [6.07, 6.45) is 5.46. The Labute approximate surface area is 144 Å². The molecule has 5 nitrogen and oxygen atoms in total. The molecular formula is C18H18N4OS. The number of aromatic nitrogens is 3. The number of amides is 1. The summed E-state index contributed by atoms with van der Waals surface area (Å²) in [4.78, 5) is 19.1. The molecule has 1 fully saturated rings. The lowest BCUT2D eigenvalue weighted by Gasteiger charge is -2.31. The fraction of sp³-hybridized carbons (Fsp3) is 0.278. The molecule has 0 unspecified atom stereocenters. The summed E-state index contributed by atoms with van der Waals surface area (Å²) in [6.45, 7) is 1.54. The molecule has 2 aromatic heterocycles. The lowest BCUT2D eigenvalue weighted by atomic mass is 9.89. The Hall–Kier alpha value is -2.47. The number of rotatable bonds is 3. The Morgan fingerprint density at radius 3 is 2.67 bits per heavy atom. The number of carbonyl (C=O) groups excluding carboxylic acids is 1. The number of aromatic amines is 1. The summed E-state index contributed by atoms with van der Waals surface area (Å²) in [5.41, 5.74) is 5.25. The van der Waals surface area contributed by atoms with Crippen LogP contribution < -0.4 is 0 Å². The SMILES string of the molecule is O=C(c1cncs1)N1CCC(c2[nH]ncc2-c2ccccc2)CC1. The summed E-state index contributed by atoms with van der Waals surface area (Å²) < 4.78 is 0. The molecule has 0 aliphatic carbocycles. The molecule has 0 atom stereocenters. The van der Waals surface area contributed by atoms with E-state index in [-0.39, 0.29) is 5.91 Å². The fourth-order valence-electron chi connectivity index (χ4n) is 3.30. The Bertz CT molecular complexity index is 805. The van der Waals surface area contributed by atoms with Crippen molar-refractivity contribution in [2.75, 3.05) is 13.1 Å². The zero-order valence-electron chi connectivity index (χ0n) is 13.2. The van der Waals surface area contributed by atoms with Crippen molar-refractivity contribution in [2.45, 2.75) is 18.8 Å². The molecule has 24 heavy (non-hydrogen) atoms. The topological polar surface area (TPSA) is 61.9 Å². The second kappa shape index (κ2) is 6.57. The molecule has 1 aliphatic rings. The van der Waals surface area contributed by atoms with Gasteiger partial charge >= 0.3 is 0 Å². The number of piperidine rings is 1. The number of benzene rings is 1. The molecule has 3 heterocycles. The Morgan fingerprint density at radius 1 is 1.17 bits per heavy atom. The molecular weight excluding hydrogens is 320 g/mol. The molecule has 1 N–H and O–H groups in total. The summed E-state index contributed by atoms with van der Waals surface area (Å²) in [5.74, 6) is 0.511. The third-order valence-electron chi connectivity index (χ3n) is 4.59. The van der Waals surface area contributed by atoms with Gasteiger partial charge in [-0.25, -0.2) is 0 Å². The van der Waals surface area contributed by atoms with Gasteiger partial charge in [-0.1, -0.05) is 30.3 Å². The van der Waals surface area contributed by atoms with Gasteiger partial charge in [0.15, 0.2) is 0 Å². The van der Waals surface area contributed by atoms with E-state index in [1.807, 2.05) is 29.3 Å². The van der Waals surface area contributed by atoms with Crippen molar-refractivity contribution in [1.29, 1.82) is 0 Å². The first-order valence-electron chi connectivity index (χ1n) is 8.09. The van der Waals surface area contributed by atoms with Gasteiger partial charge in [0.1, 0.15) is 4.88 Å². The quantitative estimate of drug-likeness (QED) is 0.794. The molecule has 0 saturated carbocycles. The van der Waals surface area contributed by atoms with Crippen molar-refractivity contribution in [3.63, 3.8) is 0 Å². The van der Waals surface area contributed by atoms with Gasteiger partial charge in [-0.2, -0.15) is 5.10 Å². The second-order valence-electron chi connectivity index (χ2n) is 6.00. The van der Waals surface area contributed by atoms with Gasteiger partial charge in [0.25, 0.3) is 5.91 Å². The molecule has 4 rings (SSSR count). The minimum atomic E-state index is 0.101. The number of nitrogens with one attached hydrogen (secondary N) is 1. The highest BCUT2D eigenvalue weighted by atomic mass is 32.1. The van der Waals surface area contributed by atoms with Crippen molar-refractivity contribution >= 4 is 17.2 Å². The van der Waals surface area contributed by atoms with E-state index in [1.165, 1.54) is 28.2 Å². The van der Waals surface area contributed by atoms with Gasteiger partial charge in [-0.15, -0.1) is 11.3 Å². The fourth-order valence-corrected chi connectivity index (χ4v) is 3.89. The molecule has 1 aliphatic heterocycles. The zero-order valence-corrected chi connectivity index (χ0v) is 14.0. The van der Waals surface area contributed by atoms with Crippen molar-refractivity contribution in [3.8, 4) is 11.1 Å². The number of carbonyl (C=O) groups is 1. The molecule has 3 aromatic rings. The van der Waals surface area contributed by atoms with E-state index in [0.717, 1.165) is 30.8 Å². The van der Waals surface area contributed by atoms with Gasteiger partial charge in [0.05, 0.1) is 17.9 Å². The van der Waals surface area contributed by atoms with Crippen LogP contribution in [0.4, 0.5) is 0 Å². The summed E-state index contributed by atoms with van der Waals surface area (Å²) >= 11 is 1.40. The van der Waals surface area contributed by atoms with E-state index in [2.05, 4.69) is 27.3 Å². The van der Waals surface area contributed by atoms with Crippen molar-refractivity contribution < 1.29 is 4.79 Å². The van der Waals surface area contributed by atoms with Gasteiger partial charge in [-0.3, -0.25) is 14.9 Å². The highest BCUT2D eigenvalue weighted by molar-refractivity contribution is 7.11. The third-order valence-corrected chi connectivity index (χ3v) is 5.35. The molecule has 1 amide bonds. The van der Waals surface area contributed by atoms with Crippen LogP contribution in [0.2, 0.25) is 0 Å². The standard InChI is InChI=1S/C18H18N4OS/c23-18(16-11-19-12-24-16)22-8-6-14(7-9-22)17-15(10-20-21-17)13-4-2-1-3-5-13/h1-5,10-12,14H,6-9H2,(H,20,21).